The molecule has 2 aromatic carbocycles. The number of amides is 1. The van der Waals surface area contributed by atoms with Gasteiger partial charge in [-0.15, -0.1) is 23.5 Å². The fourth-order valence-electron chi connectivity index (χ4n) is 3.32. The van der Waals surface area contributed by atoms with Gasteiger partial charge in [0.05, 0.1) is 29.2 Å². The first-order valence-corrected chi connectivity index (χ1v) is 13.0. The summed E-state index contributed by atoms with van der Waals surface area (Å²) in [7, 11) is 0. The zero-order valence-corrected chi connectivity index (χ0v) is 19.4. The summed E-state index contributed by atoms with van der Waals surface area (Å²) in [4.78, 5) is 24.6. The fourth-order valence-corrected chi connectivity index (χ4v) is 5.78. The quantitative estimate of drug-likeness (QED) is 0.463. The molecule has 3 aromatic rings. The third-order valence-corrected chi connectivity index (χ3v) is 7.78. The van der Waals surface area contributed by atoms with Crippen LogP contribution in [0.25, 0.3) is 10.2 Å². The number of aromatic nitrogens is 1. The van der Waals surface area contributed by atoms with Crippen LogP contribution in [-0.4, -0.2) is 67.2 Å². The van der Waals surface area contributed by atoms with Gasteiger partial charge in [-0.05, 0) is 30.5 Å². The van der Waals surface area contributed by atoms with Gasteiger partial charge >= 0.3 is 0 Å². The number of carbonyl (C=O) groups excluding carboxylic acids is 1. The normalized spacial score (nSPS) is 14.8. The van der Waals surface area contributed by atoms with Gasteiger partial charge in [-0.1, -0.05) is 35.6 Å². The number of benzene rings is 2. The SMILES string of the molecule is CSc1cccc2sc(N(CCN3CCOCC3)C(=O)CSc3ccccc3)nc12. The van der Waals surface area contributed by atoms with E-state index in [-0.39, 0.29) is 5.91 Å². The summed E-state index contributed by atoms with van der Waals surface area (Å²) in [6, 6.07) is 16.3. The van der Waals surface area contributed by atoms with E-state index in [2.05, 4.69) is 29.4 Å². The third-order valence-electron chi connectivity index (χ3n) is 4.97. The van der Waals surface area contributed by atoms with E-state index in [0.29, 0.717) is 12.3 Å². The number of thioether (sulfide) groups is 2. The minimum Gasteiger partial charge on any atom is -0.379 e. The zero-order chi connectivity index (χ0) is 20.8. The third kappa shape index (κ3) is 5.36. The predicted octanol–water partition coefficient (Wildman–Crippen LogP) is 4.48. The number of rotatable bonds is 8. The molecule has 1 aliphatic heterocycles. The molecule has 4 rings (SSSR count). The molecule has 0 radical (unpaired) electrons. The van der Waals surface area contributed by atoms with Crippen molar-refractivity contribution in [2.24, 2.45) is 0 Å². The summed E-state index contributed by atoms with van der Waals surface area (Å²) in [5.74, 6) is 0.500. The van der Waals surface area contributed by atoms with Crippen molar-refractivity contribution in [2.45, 2.75) is 9.79 Å². The molecule has 5 nitrogen and oxygen atoms in total. The maximum absolute atomic E-state index is 13.2. The second-order valence-electron chi connectivity index (χ2n) is 6.90. The number of ether oxygens (including phenoxy) is 1. The molecule has 0 atom stereocenters. The lowest BCUT2D eigenvalue weighted by molar-refractivity contribution is -0.116. The number of fused-ring (bicyclic) bond motifs is 1. The molecule has 1 fully saturated rings. The summed E-state index contributed by atoms with van der Waals surface area (Å²) in [5, 5.41) is 0.790. The summed E-state index contributed by atoms with van der Waals surface area (Å²) >= 11 is 4.86. The monoisotopic (exact) mass is 459 g/mol. The maximum Gasteiger partial charge on any atom is 0.239 e. The Bertz CT molecular complexity index is 974. The van der Waals surface area contributed by atoms with Crippen LogP contribution in [0, 0.1) is 0 Å². The molecule has 0 N–H and O–H groups in total. The highest BCUT2D eigenvalue weighted by molar-refractivity contribution is 8.00. The molecular weight excluding hydrogens is 434 g/mol. The van der Waals surface area contributed by atoms with Gasteiger partial charge < -0.3 is 4.74 Å². The number of morpholine rings is 1. The van der Waals surface area contributed by atoms with Crippen LogP contribution in [0.2, 0.25) is 0 Å². The number of anilines is 1. The van der Waals surface area contributed by atoms with Gasteiger partial charge in [-0.25, -0.2) is 4.98 Å². The standard InChI is InChI=1S/C22H25N3O2S3/c1-28-18-8-5-9-19-21(18)23-22(30-19)25(11-10-24-12-14-27-15-13-24)20(26)16-29-17-6-3-2-4-7-17/h2-9H,10-16H2,1H3. The van der Waals surface area contributed by atoms with E-state index in [1.165, 1.54) is 0 Å². The van der Waals surface area contributed by atoms with Crippen molar-refractivity contribution >= 4 is 56.1 Å². The Kier molecular flexibility index (Phi) is 7.67. The molecule has 0 aliphatic carbocycles. The minimum atomic E-state index is 0.0990. The topological polar surface area (TPSA) is 45.7 Å². The average Bonchev–Trinajstić information content (AvgIpc) is 3.23. The first-order chi connectivity index (χ1) is 14.7. The van der Waals surface area contributed by atoms with Gasteiger partial charge in [0.1, 0.15) is 0 Å². The van der Waals surface area contributed by atoms with E-state index < -0.39 is 0 Å². The van der Waals surface area contributed by atoms with E-state index >= 15 is 0 Å². The molecule has 8 heteroatoms. The lowest BCUT2D eigenvalue weighted by Crippen LogP contribution is -2.43. The van der Waals surface area contributed by atoms with Gasteiger partial charge in [0.25, 0.3) is 0 Å². The van der Waals surface area contributed by atoms with Crippen molar-refractivity contribution in [1.82, 2.24) is 9.88 Å². The van der Waals surface area contributed by atoms with Crippen LogP contribution in [0.1, 0.15) is 0 Å². The van der Waals surface area contributed by atoms with Crippen molar-refractivity contribution < 1.29 is 9.53 Å². The van der Waals surface area contributed by atoms with Crippen molar-refractivity contribution in [3.8, 4) is 0 Å². The van der Waals surface area contributed by atoms with Crippen LogP contribution in [-0.2, 0) is 9.53 Å². The zero-order valence-electron chi connectivity index (χ0n) is 17.0. The lowest BCUT2D eigenvalue weighted by Gasteiger charge is -2.29. The van der Waals surface area contributed by atoms with Crippen molar-refractivity contribution in [2.75, 3.05) is 56.3 Å². The maximum atomic E-state index is 13.2. The molecule has 0 saturated carbocycles. The van der Waals surface area contributed by atoms with Gasteiger partial charge in [0.15, 0.2) is 5.13 Å². The molecule has 1 aromatic heterocycles. The second-order valence-corrected chi connectivity index (χ2v) is 9.81. The lowest BCUT2D eigenvalue weighted by atomic mass is 10.3. The molecule has 30 heavy (non-hydrogen) atoms. The first kappa shape index (κ1) is 21.6. The summed E-state index contributed by atoms with van der Waals surface area (Å²) in [6.07, 6.45) is 2.06. The Hall–Kier alpha value is -1.58. The van der Waals surface area contributed by atoms with E-state index in [4.69, 9.17) is 9.72 Å². The highest BCUT2D eigenvalue weighted by atomic mass is 32.2. The number of nitrogens with zero attached hydrogens (tertiary/aromatic N) is 3. The Labute approximate surface area is 189 Å². The number of hydrogen-bond acceptors (Lipinski definition) is 7. The molecule has 158 valence electrons. The van der Waals surface area contributed by atoms with Crippen LogP contribution in [0.4, 0.5) is 5.13 Å². The van der Waals surface area contributed by atoms with Gasteiger partial charge in [0.2, 0.25) is 5.91 Å². The molecule has 1 aliphatic rings. The number of carbonyl (C=O) groups is 1. The van der Waals surface area contributed by atoms with Gasteiger partial charge in [-0.3, -0.25) is 14.6 Å². The van der Waals surface area contributed by atoms with Crippen LogP contribution >= 0.6 is 34.9 Å². The molecule has 0 unspecified atom stereocenters. The molecule has 2 heterocycles. The average molecular weight is 460 g/mol. The first-order valence-electron chi connectivity index (χ1n) is 9.96. The smallest absolute Gasteiger partial charge is 0.239 e. The predicted molar refractivity (Wildman–Crippen MR) is 128 cm³/mol. The number of para-hydroxylation sites is 1. The Morgan fingerprint density at radius 2 is 1.97 bits per heavy atom. The molecular formula is C22H25N3O2S3. The Morgan fingerprint density at radius 1 is 1.17 bits per heavy atom. The van der Waals surface area contributed by atoms with Crippen LogP contribution in [0.15, 0.2) is 58.3 Å². The highest BCUT2D eigenvalue weighted by Crippen LogP contribution is 2.34. The largest absolute Gasteiger partial charge is 0.379 e. The van der Waals surface area contributed by atoms with Crippen molar-refractivity contribution in [3.05, 3.63) is 48.5 Å². The molecule has 1 amide bonds. The van der Waals surface area contributed by atoms with Crippen molar-refractivity contribution in [1.29, 1.82) is 0 Å². The summed E-state index contributed by atoms with van der Waals surface area (Å²) in [6.45, 7) is 4.82. The van der Waals surface area contributed by atoms with Crippen molar-refractivity contribution in [3.63, 3.8) is 0 Å². The number of thiazole rings is 1. The van der Waals surface area contributed by atoms with E-state index in [1.54, 1.807) is 34.9 Å². The van der Waals surface area contributed by atoms with E-state index in [0.717, 1.165) is 58.0 Å². The summed E-state index contributed by atoms with van der Waals surface area (Å²) in [5.41, 5.74) is 0.991. The molecule has 0 spiro atoms. The second kappa shape index (κ2) is 10.6. The van der Waals surface area contributed by atoms with E-state index in [9.17, 15) is 4.79 Å². The van der Waals surface area contributed by atoms with E-state index in [1.807, 2.05) is 35.2 Å². The Morgan fingerprint density at radius 3 is 2.73 bits per heavy atom. The van der Waals surface area contributed by atoms with Gasteiger partial charge in [-0.2, -0.15) is 0 Å². The number of hydrogen-bond donors (Lipinski definition) is 0. The fraction of sp³-hybridized carbons (Fsp3) is 0.364. The minimum absolute atomic E-state index is 0.0990. The van der Waals surface area contributed by atoms with Crippen LogP contribution < -0.4 is 4.90 Å². The molecule has 0 bridgehead atoms. The van der Waals surface area contributed by atoms with Gasteiger partial charge in [0, 0.05) is 36.0 Å². The highest BCUT2D eigenvalue weighted by Gasteiger charge is 2.22. The van der Waals surface area contributed by atoms with Crippen LogP contribution in [0.5, 0.6) is 0 Å². The molecule has 1 saturated heterocycles. The Balaban J connectivity index is 1.53. The summed E-state index contributed by atoms with van der Waals surface area (Å²) < 4.78 is 6.58. The van der Waals surface area contributed by atoms with Crippen LogP contribution in [0.3, 0.4) is 0 Å².